The summed E-state index contributed by atoms with van der Waals surface area (Å²) in [6.45, 7) is 10.7. The molecule has 0 radical (unpaired) electrons. The molecule has 0 aromatic heterocycles. The van der Waals surface area contributed by atoms with Crippen LogP contribution in [-0.2, 0) is 4.79 Å². The van der Waals surface area contributed by atoms with Gasteiger partial charge in [0, 0.05) is 34.7 Å². The Morgan fingerprint density at radius 1 is 0.932 bits per heavy atom. The van der Waals surface area contributed by atoms with Crippen LogP contribution in [0.5, 0.6) is 11.5 Å². The third-order valence-corrected chi connectivity index (χ3v) is 8.29. The van der Waals surface area contributed by atoms with Crippen LogP contribution in [0.15, 0.2) is 71.7 Å². The quantitative estimate of drug-likeness (QED) is 0.283. The van der Waals surface area contributed by atoms with Crippen molar-refractivity contribution in [1.82, 2.24) is 14.7 Å². The summed E-state index contributed by atoms with van der Waals surface area (Å²) >= 11 is 12.6. The fourth-order valence-electron chi connectivity index (χ4n) is 5.72. The minimum Gasteiger partial charge on any atom is -0.497 e. The molecular weight excluding hydrogens is 599 g/mol. The molecule has 10 heteroatoms. The first-order chi connectivity index (χ1) is 20.9. The van der Waals surface area contributed by atoms with E-state index in [2.05, 4.69) is 0 Å². The molecule has 3 aromatic rings. The average molecular weight is 638 g/mol. The van der Waals surface area contributed by atoms with Gasteiger partial charge in [0.15, 0.2) is 0 Å². The third-order valence-electron chi connectivity index (χ3n) is 7.79. The number of aliphatic imine (C=N–C) groups is 1. The number of hydrogen-bond donors (Lipinski definition) is 0. The van der Waals surface area contributed by atoms with Crippen molar-refractivity contribution in [2.45, 2.75) is 58.3 Å². The summed E-state index contributed by atoms with van der Waals surface area (Å²) in [5.74, 6) is 1.50. The van der Waals surface area contributed by atoms with Crippen LogP contribution in [0.1, 0.15) is 63.4 Å². The summed E-state index contributed by atoms with van der Waals surface area (Å²) in [4.78, 5) is 38.4. The van der Waals surface area contributed by atoms with Gasteiger partial charge in [-0.1, -0.05) is 47.5 Å². The van der Waals surface area contributed by atoms with E-state index in [9.17, 15) is 9.59 Å². The Kier molecular flexibility index (Phi) is 9.14. The first-order valence-electron chi connectivity index (χ1n) is 14.7. The maximum absolute atomic E-state index is 14.7. The zero-order valence-corrected chi connectivity index (χ0v) is 27.4. The number of benzene rings is 3. The monoisotopic (exact) mass is 636 g/mol. The molecule has 44 heavy (non-hydrogen) atoms. The molecule has 5 rings (SSSR count). The second-order valence-electron chi connectivity index (χ2n) is 12.3. The molecule has 3 aromatic carbocycles. The highest BCUT2D eigenvalue weighted by Crippen LogP contribution is 2.46. The van der Waals surface area contributed by atoms with Gasteiger partial charge in [0.05, 0.1) is 24.8 Å². The molecule has 0 spiro atoms. The van der Waals surface area contributed by atoms with Crippen molar-refractivity contribution in [1.29, 1.82) is 0 Å². The van der Waals surface area contributed by atoms with Gasteiger partial charge in [0.25, 0.3) is 0 Å². The molecule has 2 atom stereocenters. The number of piperazine rings is 1. The minimum absolute atomic E-state index is 0.0310. The molecule has 2 heterocycles. The van der Waals surface area contributed by atoms with Crippen molar-refractivity contribution in [3.05, 3.63) is 93.5 Å². The highest BCUT2D eigenvalue weighted by atomic mass is 35.5. The van der Waals surface area contributed by atoms with Crippen molar-refractivity contribution in [2.75, 3.05) is 26.7 Å². The first-order valence-corrected chi connectivity index (χ1v) is 15.5. The summed E-state index contributed by atoms with van der Waals surface area (Å²) in [5, 5.41) is 1.19. The largest absolute Gasteiger partial charge is 0.497 e. The number of urea groups is 1. The topological polar surface area (TPSA) is 74.7 Å². The molecular formula is C34H38Cl2N4O4. The second-order valence-corrected chi connectivity index (χ2v) is 13.1. The Hall–Kier alpha value is -3.75. The first kappa shape index (κ1) is 31.7. The number of hydrogen-bond acceptors (Lipinski definition) is 5. The van der Waals surface area contributed by atoms with Crippen molar-refractivity contribution in [3.63, 3.8) is 0 Å². The summed E-state index contributed by atoms with van der Waals surface area (Å²) in [5.41, 5.74) is 2.03. The number of rotatable bonds is 6. The predicted octanol–water partition coefficient (Wildman–Crippen LogP) is 7.40. The fourth-order valence-corrected chi connectivity index (χ4v) is 5.97. The van der Waals surface area contributed by atoms with Gasteiger partial charge in [0.1, 0.15) is 29.9 Å². The second kappa shape index (κ2) is 12.7. The number of ether oxygens (including phenoxy) is 2. The van der Waals surface area contributed by atoms with E-state index in [1.54, 1.807) is 23.0 Å². The molecule has 0 N–H and O–H groups in total. The van der Waals surface area contributed by atoms with Gasteiger partial charge in [-0.25, -0.2) is 4.79 Å². The Balaban J connectivity index is 1.67. The maximum atomic E-state index is 14.7. The summed E-state index contributed by atoms with van der Waals surface area (Å²) in [7, 11) is 1.60. The van der Waals surface area contributed by atoms with Gasteiger partial charge in [-0.3, -0.25) is 14.7 Å². The van der Waals surface area contributed by atoms with Crippen LogP contribution < -0.4 is 9.47 Å². The Morgan fingerprint density at radius 3 is 2.09 bits per heavy atom. The van der Waals surface area contributed by atoms with Crippen molar-refractivity contribution in [3.8, 4) is 11.5 Å². The highest BCUT2D eigenvalue weighted by Gasteiger charge is 2.46. The number of carbonyl (C=O) groups is 2. The lowest BCUT2D eigenvalue weighted by Crippen LogP contribution is -2.60. The highest BCUT2D eigenvalue weighted by molar-refractivity contribution is 6.30. The lowest BCUT2D eigenvalue weighted by atomic mass is 9.93. The van der Waals surface area contributed by atoms with Gasteiger partial charge >= 0.3 is 6.03 Å². The van der Waals surface area contributed by atoms with E-state index in [1.807, 2.05) is 100 Å². The number of methoxy groups -OCH3 is 1. The molecule has 0 saturated carbocycles. The summed E-state index contributed by atoms with van der Waals surface area (Å²) in [6.07, 6.45) is -0.144. The van der Waals surface area contributed by atoms with Crippen LogP contribution in [0.4, 0.5) is 4.79 Å². The molecule has 1 fully saturated rings. The average Bonchev–Trinajstić information content (AvgIpc) is 3.36. The van der Waals surface area contributed by atoms with E-state index in [4.69, 9.17) is 37.7 Å². The van der Waals surface area contributed by atoms with Gasteiger partial charge < -0.3 is 19.3 Å². The summed E-state index contributed by atoms with van der Waals surface area (Å²) < 4.78 is 11.7. The Labute approximate surface area is 269 Å². The number of halogens is 2. The van der Waals surface area contributed by atoms with Crippen LogP contribution >= 0.6 is 23.2 Å². The number of amides is 3. The molecule has 8 nitrogen and oxygen atoms in total. The number of amidine groups is 1. The normalized spacial score (nSPS) is 19.0. The molecule has 1 saturated heterocycles. The van der Waals surface area contributed by atoms with Gasteiger partial charge in [-0.15, -0.1) is 0 Å². The molecule has 2 aliphatic rings. The Bertz CT molecular complexity index is 1550. The zero-order chi connectivity index (χ0) is 31.8. The van der Waals surface area contributed by atoms with E-state index >= 15 is 0 Å². The molecule has 232 valence electrons. The lowest BCUT2D eigenvalue weighted by Gasteiger charge is -2.43. The summed E-state index contributed by atoms with van der Waals surface area (Å²) in [6, 6.07) is 19.1. The van der Waals surface area contributed by atoms with Crippen molar-refractivity contribution < 1.29 is 19.1 Å². The minimum atomic E-state index is -0.541. The van der Waals surface area contributed by atoms with E-state index < -0.39 is 12.1 Å². The smallest absolute Gasteiger partial charge is 0.326 e. The van der Waals surface area contributed by atoms with Crippen LogP contribution in [0.25, 0.3) is 0 Å². The lowest BCUT2D eigenvalue weighted by molar-refractivity contribution is -0.140. The predicted molar refractivity (Wildman–Crippen MR) is 174 cm³/mol. The van der Waals surface area contributed by atoms with Gasteiger partial charge in [-0.05, 0) is 82.1 Å². The number of carbonyl (C=O) groups excluding carboxylic acids is 2. The van der Waals surface area contributed by atoms with Crippen LogP contribution in [0.2, 0.25) is 10.0 Å². The molecule has 2 aliphatic heterocycles. The van der Waals surface area contributed by atoms with E-state index in [1.165, 1.54) is 0 Å². The van der Waals surface area contributed by atoms with Crippen molar-refractivity contribution in [2.24, 2.45) is 4.99 Å². The maximum Gasteiger partial charge on any atom is 0.326 e. The van der Waals surface area contributed by atoms with Gasteiger partial charge in [-0.2, -0.15) is 0 Å². The van der Waals surface area contributed by atoms with E-state index in [0.29, 0.717) is 46.0 Å². The SMILES string of the molecule is COc1ccc(C2=NC(c3ccc(Cl)cc3)C(c3ccc(Cl)cc3)N2C(=O)N2CCN(C(C)(C)C)C(=O)C2)c(OC(C)C)c1. The molecule has 0 bridgehead atoms. The number of nitrogens with zero attached hydrogens (tertiary/aromatic N) is 4. The molecule has 2 unspecified atom stereocenters. The fraction of sp³-hybridized carbons (Fsp3) is 0.382. The molecule has 3 amide bonds. The molecule has 0 aliphatic carbocycles. The van der Waals surface area contributed by atoms with E-state index in [0.717, 1.165) is 11.1 Å². The van der Waals surface area contributed by atoms with Crippen LogP contribution in [0, 0.1) is 0 Å². The van der Waals surface area contributed by atoms with Crippen LogP contribution in [0.3, 0.4) is 0 Å². The van der Waals surface area contributed by atoms with E-state index in [-0.39, 0.29) is 30.1 Å². The standard InChI is InChI=1S/C34H38Cl2N4O4/c1-21(2)44-28-19-26(43-6)15-16-27(28)32-37-30(22-7-11-24(35)12-8-22)31(23-9-13-25(36)14-10-23)40(32)33(42)38-17-18-39(29(41)20-38)34(3,4)5/h7-16,19,21,30-31H,17-18,20H2,1-6H3. The zero-order valence-electron chi connectivity index (χ0n) is 25.9. The van der Waals surface area contributed by atoms with Gasteiger partial charge in [0.2, 0.25) is 5.91 Å². The van der Waals surface area contributed by atoms with Crippen LogP contribution in [-0.4, -0.2) is 70.9 Å². The third kappa shape index (κ3) is 6.52. The van der Waals surface area contributed by atoms with Crippen molar-refractivity contribution >= 4 is 41.0 Å². The Morgan fingerprint density at radius 2 is 1.55 bits per heavy atom.